The molecule has 1 aliphatic rings. The van der Waals surface area contributed by atoms with E-state index in [-0.39, 0.29) is 17.5 Å². The number of hydrogen-bond acceptors (Lipinski definition) is 6. The molecule has 1 fully saturated rings. The van der Waals surface area contributed by atoms with Gasteiger partial charge in [-0.1, -0.05) is 0 Å². The number of nitrogens with zero attached hydrogens (tertiary/aromatic N) is 1. The standard InChI is InChI=1S/C10H17N3O2S2/c14-17(15)6-4-12-9(8-17)1-2-11-7-10-13-3-5-16-10/h3,5,9,11-12H,1-2,4,6-8H2. The average molecular weight is 275 g/mol. The Bertz CT molecular complexity index is 430. The van der Waals surface area contributed by atoms with Crippen molar-refractivity contribution >= 4 is 21.2 Å². The summed E-state index contributed by atoms with van der Waals surface area (Å²) in [6.45, 7) is 2.16. The fraction of sp³-hybridized carbons (Fsp3) is 0.700. The van der Waals surface area contributed by atoms with E-state index in [9.17, 15) is 8.42 Å². The van der Waals surface area contributed by atoms with Crippen molar-refractivity contribution in [3.8, 4) is 0 Å². The van der Waals surface area contributed by atoms with Gasteiger partial charge >= 0.3 is 0 Å². The van der Waals surface area contributed by atoms with Gasteiger partial charge in [0.2, 0.25) is 0 Å². The molecule has 1 atom stereocenters. The zero-order chi connectivity index (χ0) is 12.1. The second-order valence-corrected chi connectivity index (χ2v) is 7.36. The highest BCUT2D eigenvalue weighted by atomic mass is 32.2. The second-order valence-electron chi connectivity index (χ2n) is 4.16. The van der Waals surface area contributed by atoms with Crippen molar-refractivity contribution in [1.29, 1.82) is 0 Å². The molecule has 0 spiro atoms. The van der Waals surface area contributed by atoms with Crippen LogP contribution in [0.2, 0.25) is 0 Å². The van der Waals surface area contributed by atoms with E-state index in [1.165, 1.54) is 0 Å². The maximum absolute atomic E-state index is 11.4. The Morgan fingerprint density at radius 1 is 1.59 bits per heavy atom. The third-order valence-electron chi connectivity index (χ3n) is 2.73. The van der Waals surface area contributed by atoms with Crippen molar-refractivity contribution in [3.05, 3.63) is 16.6 Å². The molecule has 1 saturated heterocycles. The van der Waals surface area contributed by atoms with Crippen LogP contribution in [-0.4, -0.2) is 44.0 Å². The lowest BCUT2D eigenvalue weighted by Crippen LogP contribution is -2.46. The van der Waals surface area contributed by atoms with Gasteiger partial charge in [0, 0.05) is 30.7 Å². The van der Waals surface area contributed by atoms with Gasteiger partial charge in [0.25, 0.3) is 0 Å². The zero-order valence-electron chi connectivity index (χ0n) is 9.55. The van der Waals surface area contributed by atoms with Gasteiger partial charge in [-0.15, -0.1) is 11.3 Å². The summed E-state index contributed by atoms with van der Waals surface area (Å²) in [6, 6.07) is 0.0949. The lowest BCUT2D eigenvalue weighted by molar-refractivity contribution is 0.479. The Labute approximate surface area is 106 Å². The van der Waals surface area contributed by atoms with E-state index in [4.69, 9.17) is 0 Å². The molecule has 1 aromatic rings. The summed E-state index contributed by atoms with van der Waals surface area (Å²) >= 11 is 1.62. The fourth-order valence-electron chi connectivity index (χ4n) is 1.86. The first kappa shape index (κ1) is 12.9. The van der Waals surface area contributed by atoms with Crippen LogP contribution in [0.25, 0.3) is 0 Å². The third kappa shape index (κ3) is 4.34. The summed E-state index contributed by atoms with van der Waals surface area (Å²) in [4.78, 5) is 4.17. The van der Waals surface area contributed by atoms with Crippen LogP contribution in [0.1, 0.15) is 11.4 Å². The normalized spacial score (nSPS) is 23.6. The van der Waals surface area contributed by atoms with Crippen molar-refractivity contribution in [1.82, 2.24) is 15.6 Å². The first-order valence-electron chi connectivity index (χ1n) is 5.69. The van der Waals surface area contributed by atoms with Crippen LogP contribution in [0.5, 0.6) is 0 Å². The van der Waals surface area contributed by atoms with Crippen molar-refractivity contribution in [3.63, 3.8) is 0 Å². The maximum atomic E-state index is 11.4. The Balaban J connectivity index is 1.65. The summed E-state index contributed by atoms with van der Waals surface area (Å²) in [5.74, 6) is 0.544. The summed E-state index contributed by atoms with van der Waals surface area (Å²) in [5.41, 5.74) is 0. The molecule has 17 heavy (non-hydrogen) atoms. The minimum absolute atomic E-state index is 0.0949. The molecule has 0 radical (unpaired) electrons. The van der Waals surface area contributed by atoms with Crippen LogP contribution >= 0.6 is 11.3 Å². The topological polar surface area (TPSA) is 71.1 Å². The smallest absolute Gasteiger partial charge is 0.153 e. The Hall–Kier alpha value is -0.500. The number of hydrogen-bond donors (Lipinski definition) is 2. The highest BCUT2D eigenvalue weighted by Gasteiger charge is 2.23. The predicted molar refractivity (Wildman–Crippen MR) is 68.9 cm³/mol. The number of thiazole rings is 1. The van der Waals surface area contributed by atoms with Crippen molar-refractivity contribution in [2.45, 2.75) is 19.0 Å². The highest BCUT2D eigenvalue weighted by molar-refractivity contribution is 7.91. The van der Waals surface area contributed by atoms with Gasteiger partial charge in [0.15, 0.2) is 9.84 Å². The number of aromatic nitrogens is 1. The van der Waals surface area contributed by atoms with Gasteiger partial charge in [0.05, 0.1) is 11.5 Å². The lowest BCUT2D eigenvalue weighted by atomic mass is 10.2. The zero-order valence-corrected chi connectivity index (χ0v) is 11.2. The Morgan fingerprint density at radius 2 is 2.47 bits per heavy atom. The number of rotatable bonds is 5. The van der Waals surface area contributed by atoms with E-state index in [0.29, 0.717) is 6.54 Å². The molecule has 0 saturated carbocycles. The van der Waals surface area contributed by atoms with E-state index < -0.39 is 9.84 Å². The molecule has 1 unspecified atom stereocenters. The summed E-state index contributed by atoms with van der Waals surface area (Å²) < 4.78 is 22.8. The molecule has 0 aromatic carbocycles. The number of nitrogens with one attached hydrogen (secondary N) is 2. The van der Waals surface area contributed by atoms with Crippen LogP contribution in [0, 0.1) is 0 Å². The summed E-state index contributed by atoms with van der Waals surface area (Å²) in [7, 11) is -2.81. The van der Waals surface area contributed by atoms with Crippen LogP contribution in [-0.2, 0) is 16.4 Å². The van der Waals surface area contributed by atoms with Crippen LogP contribution in [0.4, 0.5) is 0 Å². The summed E-state index contributed by atoms with van der Waals surface area (Å²) in [6.07, 6.45) is 2.63. The quantitative estimate of drug-likeness (QED) is 0.741. The SMILES string of the molecule is O=S1(=O)CCNC(CCNCc2nccs2)C1. The molecule has 0 aliphatic carbocycles. The fourth-order valence-corrected chi connectivity index (χ4v) is 3.94. The Kier molecular flexibility index (Phi) is 4.49. The van der Waals surface area contributed by atoms with E-state index in [1.807, 2.05) is 5.38 Å². The first-order chi connectivity index (χ1) is 8.16. The third-order valence-corrected chi connectivity index (χ3v) is 5.25. The molecule has 1 aliphatic heterocycles. The molecule has 2 rings (SSSR count). The van der Waals surface area contributed by atoms with Crippen LogP contribution in [0.3, 0.4) is 0 Å². The van der Waals surface area contributed by atoms with Gasteiger partial charge in [0.1, 0.15) is 5.01 Å². The molecule has 2 N–H and O–H groups in total. The molecule has 0 amide bonds. The minimum atomic E-state index is -2.81. The van der Waals surface area contributed by atoms with Gasteiger partial charge in [-0.25, -0.2) is 13.4 Å². The minimum Gasteiger partial charge on any atom is -0.312 e. The largest absolute Gasteiger partial charge is 0.312 e. The maximum Gasteiger partial charge on any atom is 0.153 e. The molecule has 7 heteroatoms. The van der Waals surface area contributed by atoms with Crippen molar-refractivity contribution in [2.75, 3.05) is 24.6 Å². The first-order valence-corrected chi connectivity index (χ1v) is 8.39. The molecular weight excluding hydrogens is 258 g/mol. The van der Waals surface area contributed by atoms with Gasteiger partial charge in [-0.3, -0.25) is 0 Å². The monoisotopic (exact) mass is 275 g/mol. The van der Waals surface area contributed by atoms with Crippen LogP contribution in [0.15, 0.2) is 11.6 Å². The molecular formula is C10H17N3O2S2. The molecule has 5 nitrogen and oxygen atoms in total. The summed E-state index contributed by atoms with van der Waals surface area (Å²) in [5, 5.41) is 9.53. The van der Waals surface area contributed by atoms with Gasteiger partial charge < -0.3 is 10.6 Å². The average Bonchev–Trinajstić information content (AvgIpc) is 2.76. The Morgan fingerprint density at radius 3 is 3.18 bits per heavy atom. The van der Waals surface area contributed by atoms with E-state index in [1.54, 1.807) is 17.5 Å². The van der Waals surface area contributed by atoms with Crippen molar-refractivity contribution in [2.24, 2.45) is 0 Å². The lowest BCUT2D eigenvalue weighted by Gasteiger charge is -2.23. The van der Waals surface area contributed by atoms with Gasteiger partial charge in [-0.05, 0) is 13.0 Å². The van der Waals surface area contributed by atoms with E-state index >= 15 is 0 Å². The highest BCUT2D eigenvalue weighted by Crippen LogP contribution is 2.05. The van der Waals surface area contributed by atoms with Crippen molar-refractivity contribution < 1.29 is 8.42 Å². The number of sulfone groups is 1. The molecule has 0 bridgehead atoms. The molecule has 96 valence electrons. The second kappa shape index (κ2) is 5.90. The van der Waals surface area contributed by atoms with Crippen LogP contribution < -0.4 is 10.6 Å². The molecule has 2 heterocycles. The van der Waals surface area contributed by atoms with Gasteiger partial charge in [-0.2, -0.15) is 0 Å². The predicted octanol–water partition coefficient (Wildman–Crippen LogP) is 0.00940. The van der Waals surface area contributed by atoms with E-state index in [0.717, 1.165) is 24.5 Å². The molecule has 1 aromatic heterocycles. The van der Waals surface area contributed by atoms with E-state index in [2.05, 4.69) is 15.6 Å².